The number of rotatable bonds is 3. The Bertz CT molecular complexity index is 1150. The van der Waals surface area contributed by atoms with E-state index in [0.717, 1.165) is 27.7 Å². The zero-order valence-electron chi connectivity index (χ0n) is 14.0. The molecule has 0 spiro atoms. The molecule has 124 valence electrons. The lowest BCUT2D eigenvalue weighted by Crippen LogP contribution is -2.30. The minimum Gasteiger partial charge on any atom is -0.487 e. The van der Waals surface area contributed by atoms with Crippen LogP contribution < -0.4 is 14.9 Å². The van der Waals surface area contributed by atoms with E-state index in [0.29, 0.717) is 17.9 Å². The van der Waals surface area contributed by atoms with Crippen LogP contribution in [-0.4, -0.2) is 4.98 Å². The molecule has 0 atom stereocenters. The Hall–Kier alpha value is -3.21. The molecule has 4 aromatic rings. The van der Waals surface area contributed by atoms with Crippen molar-refractivity contribution in [2.75, 3.05) is 0 Å². The monoisotopic (exact) mass is 333 g/mol. The third kappa shape index (κ3) is 2.96. The fraction of sp³-hybridized carbons (Fsp3) is 0.150. The number of benzene rings is 2. The van der Waals surface area contributed by atoms with Crippen LogP contribution in [0, 0.1) is 6.92 Å². The van der Waals surface area contributed by atoms with Crippen LogP contribution in [0.2, 0.25) is 0 Å². The summed E-state index contributed by atoms with van der Waals surface area (Å²) in [5.74, 6) is 0.638. The van der Waals surface area contributed by atoms with Gasteiger partial charge >= 0.3 is 5.63 Å². The van der Waals surface area contributed by atoms with Gasteiger partial charge in [0.05, 0.1) is 0 Å². The van der Waals surface area contributed by atoms with Gasteiger partial charge in [-0.3, -0.25) is 0 Å². The average molecular weight is 333 g/mol. The average Bonchev–Trinajstić information content (AvgIpc) is 2.59. The van der Waals surface area contributed by atoms with Crippen LogP contribution in [-0.2, 0) is 13.7 Å². The van der Waals surface area contributed by atoms with Gasteiger partial charge in [0.15, 0.2) is 6.20 Å². The largest absolute Gasteiger partial charge is 0.487 e. The molecule has 0 unspecified atom stereocenters. The fourth-order valence-corrected chi connectivity index (χ4v) is 2.96. The van der Waals surface area contributed by atoms with E-state index in [1.54, 1.807) is 6.07 Å². The molecule has 0 amide bonds. The molecule has 5 heteroatoms. The number of fused-ring (bicyclic) bond motifs is 2. The molecular formula is C20H17N2O3+. The van der Waals surface area contributed by atoms with E-state index in [1.165, 1.54) is 6.07 Å². The Kier molecular flexibility index (Phi) is 3.69. The Balaban J connectivity index is 1.63. The van der Waals surface area contributed by atoms with Gasteiger partial charge in [0.1, 0.15) is 36.2 Å². The number of aromatic nitrogens is 2. The van der Waals surface area contributed by atoms with Gasteiger partial charge in [-0.2, -0.15) is 4.57 Å². The van der Waals surface area contributed by atoms with Crippen molar-refractivity contribution in [2.45, 2.75) is 13.5 Å². The molecule has 0 aliphatic heterocycles. The summed E-state index contributed by atoms with van der Waals surface area (Å²) in [5.41, 5.74) is 3.87. The molecule has 5 nitrogen and oxygen atoms in total. The molecule has 0 N–H and O–H groups in total. The second-order valence-corrected chi connectivity index (χ2v) is 6.03. The van der Waals surface area contributed by atoms with Crippen molar-refractivity contribution in [1.29, 1.82) is 0 Å². The summed E-state index contributed by atoms with van der Waals surface area (Å²) < 4.78 is 13.1. The van der Waals surface area contributed by atoms with Gasteiger partial charge < -0.3 is 9.15 Å². The smallest absolute Gasteiger partial charge is 0.336 e. The van der Waals surface area contributed by atoms with Crippen molar-refractivity contribution in [3.8, 4) is 5.75 Å². The van der Waals surface area contributed by atoms with Gasteiger partial charge in [0.2, 0.25) is 5.52 Å². The highest BCUT2D eigenvalue weighted by atomic mass is 16.5. The topological polar surface area (TPSA) is 56.2 Å². The predicted molar refractivity (Wildman–Crippen MR) is 94.5 cm³/mol. The molecule has 0 saturated carbocycles. The van der Waals surface area contributed by atoms with Crippen molar-refractivity contribution < 1.29 is 13.7 Å². The van der Waals surface area contributed by atoms with E-state index in [2.05, 4.69) is 4.98 Å². The standard InChI is InChI=1S/C20H17N2O3/c1-13-9-20(23)25-19-10-15(7-8-16(13)19)24-12-14-11-22(2)18-6-4-3-5-17(18)21-14/h3-11H,12H2,1-2H3/q+1. The molecule has 2 aromatic heterocycles. The van der Waals surface area contributed by atoms with Crippen LogP contribution in [0.4, 0.5) is 0 Å². The van der Waals surface area contributed by atoms with Gasteiger partial charge in [0.25, 0.3) is 0 Å². The van der Waals surface area contributed by atoms with Gasteiger partial charge in [-0.1, -0.05) is 12.1 Å². The van der Waals surface area contributed by atoms with Gasteiger partial charge in [-0.05, 0) is 30.7 Å². The third-order valence-corrected chi connectivity index (χ3v) is 4.18. The Labute approximate surface area is 144 Å². The number of ether oxygens (including phenoxy) is 1. The highest BCUT2D eigenvalue weighted by molar-refractivity contribution is 5.81. The maximum Gasteiger partial charge on any atom is 0.336 e. The molecular weight excluding hydrogens is 316 g/mol. The second kappa shape index (κ2) is 6.02. The normalized spacial score (nSPS) is 11.1. The second-order valence-electron chi connectivity index (χ2n) is 6.03. The van der Waals surface area contributed by atoms with Crippen molar-refractivity contribution in [3.63, 3.8) is 0 Å². The van der Waals surface area contributed by atoms with Crippen molar-refractivity contribution >= 4 is 22.0 Å². The van der Waals surface area contributed by atoms with E-state index in [1.807, 2.05) is 61.1 Å². The summed E-state index contributed by atoms with van der Waals surface area (Å²) >= 11 is 0. The summed E-state index contributed by atoms with van der Waals surface area (Å²) in [4.78, 5) is 16.2. The Morgan fingerprint density at radius 3 is 2.88 bits per heavy atom. The molecule has 25 heavy (non-hydrogen) atoms. The van der Waals surface area contributed by atoms with E-state index in [9.17, 15) is 4.79 Å². The molecule has 0 aliphatic rings. The number of para-hydroxylation sites is 2. The summed E-state index contributed by atoms with van der Waals surface area (Å²) in [7, 11) is 1.99. The lowest BCUT2D eigenvalue weighted by Gasteiger charge is -2.07. The summed E-state index contributed by atoms with van der Waals surface area (Å²) in [6.45, 7) is 2.22. The summed E-state index contributed by atoms with van der Waals surface area (Å²) in [5, 5.41) is 0.905. The minimum atomic E-state index is -0.356. The van der Waals surface area contributed by atoms with Crippen molar-refractivity contribution in [1.82, 2.24) is 4.98 Å². The Morgan fingerprint density at radius 1 is 1.16 bits per heavy atom. The molecule has 0 aliphatic carbocycles. The van der Waals surface area contributed by atoms with Gasteiger partial charge in [-0.15, -0.1) is 0 Å². The van der Waals surface area contributed by atoms with Crippen molar-refractivity contribution in [2.24, 2.45) is 7.05 Å². The number of hydrogen-bond donors (Lipinski definition) is 0. The summed E-state index contributed by atoms with van der Waals surface area (Å²) in [6, 6.07) is 15.0. The lowest BCUT2D eigenvalue weighted by atomic mass is 10.1. The molecule has 0 fully saturated rings. The van der Waals surface area contributed by atoms with Crippen LogP contribution in [0.25, 0.3) is 22.0 Å². The number of hydrogen-bond acceptors (Lipinski definition) is 4. The molecule has 0 saturated heterocycles. The third-order valence-electron chi connectivity index (χ3n) is 4.18. The number of nitrogens with zero attached hydrogens (tertiary/aromatic N) is 2. The van der Waals surface area contributed by atoms with Crippen molar-refractivity contribution in [3.05, 3.63) is 76.4 Å². The van der Waals surface area contributed by atoms with Gasteiger partial charge in [0, 0.05) is 23.6 Å². The Morgan fingerprint density at radius 2 is 2.00 bits per heavy atom. The maximum absolute atomic E-state index is 11.5. The lowest BCUT2D eigenvalue weighted by molar-refractivity contribution is -0.645. The minimum absolute atomic E-state index is 0.334. The molecule has 4 rings (SSSR count). The zero-order chi connectivity index (χ0) is 17.4. The van der Waals surface area contributed by atoms with Gasteiger partial charge in [-0.25, -0.2) is 9.78 Å². The van der Waals surface area contributed by atoms with Crippen LogP contribution >= 0.6 is 0 Å². The number of aryl methyl sites for hydroxylation is 2. The van der Waals surface area contributed by atoms with Crippen LogP contribution in [0.5, 0.6) is 5.75 Å². The SMILES string of the molecule is Cc1cc(=O)oc2cc(OCc3c[n+](C)c4ccccc4n3)ccc12. The molecule has 0 radical (unpaired) electrons. The molecule has 2 heterocycles. The van der Waals surface area contributed by atoms with E-state index >= 15 is 0 Å². The first-order chi connectivity index (χ1) is 12.1. The first-order valence-electron chi connectivity index (χ1n) is 8.02. The first-order valence-corrected chi connectivity index (χ1v) is 8.02. The van der Waals surface area contributed by atoms with E-state index in [-0.39, 0.29) is 5.63 Å². The first kappa shape index (κ1) is 15.3. The highest BCUT2D eigenvalue weighted by Gasteiger charge is 2.10. The zero-order valence-corrected chi connectivity index (χ0v) is 14.0. The molecule has 2 aromatic carbocycles. The quantitative estimate of drug-likeness (QED) is 0.427. The molecule has 0 bridgehead atoms. The van der Waals surface area contributed by atoms with E-state index < -0.39 is 0 Å². The van der Waals surface area contributed by atoms with E-state index in [4.69, 9.17) is 9.15 Å². The summed E-state index contributed by atoms with van der Waals surface area (Å²) in [6.07, 6.45) is 1.95. The fourth-order valence-electron chi connectivity index (χ4n) is 2.96. The van der Waals surface area contributed by atoms with Crippen LogP contribution in [0.3, 0.4) is 0 Å². The van der Waals surface area contributed by atoms with Crippen LogP contribution in [0.1, 0.15) is 11.3 Å². The highest BCUT2D eigenvalue weighted by Crippen LogP contribution is 2.22. The maximum atomic E-state index is 11.5. The van der Waals surface area contributed by atoms with Crippen LogP contribution in [0.15, 0.2) is 63.9 Å². The predicted octanol–water partition coefficient (Wildman–Crippen LogP) is 3.05.